The molecule has 0 saturated carbocycles. The molecular weight excluding hydrogens is 756 g/mol. The molecule has 7 aromatic rings. The van der Waals surface area contributed by atoms with E-state index in [0.29, 0.717) is 0 Å². The maximum atomic E-state index is 2.68. The number of anilines is 6. The predicted octanol–water partition coefficient (Wildman–Crippen LogP) is 14.0. The highest BCUT2D eigenvalue weighted by atomic mass is 32.1. The van der Waals surface area contributed by atoms with E-state index in [0.717, 1.165) is 0 Å². The van der Waals surface area contributed by atoms with E-state index in [4.69, 9.17) is 0 Å². The van der Waals surface area contributed by atoms with Crippen molar-refractivity contribution in [1.82, 2.24) is 0 Å². The Kier molecular flexibility index (Phi) is 8.12. The summed E-state index contributed by atoms with van der Waals surface area (Å²) in [6, 6.07) is 41.3. The summed E-state index contributed by atoms with van der Waals surface area (Å²) in [5.41, 5.74) is 25.0. The number of nitrogens with zero attached hydrogens (tertiary/aromatic N) is 2. The fourth-order valence-corrected chi connectivity index (χ4v) is 12.7. The van der Waals surface area contributed by atoms with Gasteiger partial charge in [-0.1, -0.05) is 131 Å². The highest BCUT2D eigenvalue weighted by Crippen LogP contribution is 2.58. The first-order valence-electron chi connectivity index (χ1n) is 22.7. The summed E-state index contributed by atoms with van der Waals surface area (Å²) in [6.45, 7) is 28.3. The van der Waals surface area contributed by atoms with Gasteiger partial charge in [0.25, 0.3) is 6.71 Å². The Labute approximate surface area is 368 Å². The Morgan fingerprint density at radius 2 is 1.18 bits per heavy atom. The van der Waals surface area contributed by atoms with Crippen molar-refractivity contribution >= 4 is 78.0 Å². The van der Waals surface area contributed by atoms with Gasteiger partial charge >= 0.3 is 0 Å². The molecule has 6 aromatic carbocycles. The molecule has 1 aromatic heterocycles. The predicted molar refractivity (Wildman–Crippen MR) is 266 cm³/mol. The van der Waals surface area contributed by atoms with E-state index in [2.05, 4.69) is 196 Å². The van der Waals surface area contributed by atoms with Crippen molar-refractivity contribution in [2.24, 2.45) is 0 Å². The van der Waals surface area contributed by atoms with Crippen molar-refractivity contribution in [3.05, 3.63) is 148 Å². The van der Waals surface area contributed by atoms with Gasteiger partial charge in [-0.3, -0.25) is 0 Å². The third-order valence-corrected chi connectivity index (χ3v) is 15.9. The van der Waals surface area contributed by atoms with Gasteiger partial charge in [-0.05, 0) is 152 Å². The van der Waals surface area contributed by atoms with E-state index in [1.165, 1.54) is 118 Å². The number of benzene rings is 6. The standard InChI is InChI=1S/C57H59BN2S/c1-33-30-45-50-46(31-33)60(39-24-19-36(20-25-39)55(5,6)7)52-44(28-27-43-48(52)41-26-16-34-14-13-15-40(34)49(41)57(43,11)12)58(50)53-51(42-32-37(56(8,9)10)21-29-47(42)61-53)59(45)38-22-17-35(18-23-38)54(2,3)4/h16-32H,13-15H2,1-12H3. The van der Waals surface area contributed by atoms with Crippen molar-refractivity contribution < 1.29 is 0 Å². The van der Waals surface area contributed by atoms with Crippen LogP contribution in [0.4, 0.5) is 34.1 Å². The van der Waals surface area contributed by atoms with Gasteiger partial charge in [0.05, 0.1) is 5.69 Å². The molecule has 0 radical (unpaired) electrons. The van der Waals surface area contributed by atoms with Crippen LogP contribution in [0.15, 0.2) is 103 Å². The molecule has 0 N–H and O–H groups in total. The van der Waals surface area contributed by atoms with Gasteiger partial charge in [0.2, 0.25) is 0 Å². The van der Waals surface area contributed by atoms with Gasteiger partial charge in [0, 0.05) is 54.3 Å². The molecule has 3 heterocycles. The lowest BCUT2D eigenvalue weighted by Crippen LogP contribution is -2.60. The largest absolute Gasteiger partial charge is 0.311 e. The summed E-state index contributed by atoms with van der Waals surface area (Å²) in [5.74, 6) is 0. The molecule has 0 spiro atoms. The number of aryl methyl sites for hydroxylation is 2. The van der Waals surface area contributed by atoms with Gasteiger partial charge < -0.3 is 9.80 Å². The minimum atomic E-state index is -0.0934. The minimum Gasteiger partial charge on any atom is -0.311 e. The summed E-state index contributed by atoms with van der Waals surface area (Å²) in [7, 11) is 0. The third-order valence-electron chi connectivity index (χ3n) is 14.7. The molecule has 61 heavy (non-hydrogen) atoms. The van der Waals surface area contributed by atoms with Crippen LogP contribution in [0, 0.1) is 6.92 Å². The fourth-order valence-electron chi connectivity index (χ4n) is 11.4. The Balaban J connectivity index is 1.26. The quantitative estimate of drug-likeness (QED) is 0.160. The number of fused-ring (bicyclic) bond motifs is 12. The maximum absolute atomic E-state index is 2.68. The average molecular weight is 815 g/mol. The number of rotatable bonds is 2. The average Bonchev–Trinajstić information content (AvgIpc) is 3.89. The van der Waals surface area contributed by atoms with Crippen LogP contribution in [0.2, 0.25) is 0 Å². The third kappa shape index (κ3) is 5.59. The molecule has 0 bridgehead atoms. The molecule has 0 saturated heterocycles. The van der Waals surface area contributed by atoms with Crippen molar-refractivity contribution in [3.63, 3.8) is 0 Å². The smallest absolute Gasteiger partial charge is 0.264 e. The van der Waals surface area contributed by atoms with Crippen LogP contribution < -0.4 is 25.5 Å². The Bertz CT molecular complexity index is 2980. The van der Waals surface area contributed by atoms with E-state index >= 15 is 0 Å². The Morgan fingerprint density at radius 1 is 0.607 bits per heavy atom. The van der Waals surface area contributed by atoms with Crippen molar-refractivity contribution in [3.8, 4) is 11.1 Å². The first kappa shape index (κ1) is 38.8. The summed E-state index contributed by atoms with van der Waals surface area (Å²) < 4.78 is 2.79. The highest BCUT2D eigenvalue weighted by Gasteiger charge is 2.49. The van der Waals surface area contributed by atoms with Crippen molar-refractivity contribution in [1.29, 1.82) is 0 Å². The van der Waals surface area contributed by atoms with Crippen LogP contribution in [0.3, 0.4) is 0 Å². The molecule has 4 aliphatic rings. The van der Waals surface area contributed by atoms with Crippen LogP contribution in [0.25, 0.3) is 21.2 Å². The normalized spacial score (nSPS) is 16.0. The number of hydrogen-bond donors (Lipinski definition) is 0. The molecule has 2 aliphatic heterocycles. The first-order valence-corrected chi connectivity index (χ1v) is 23.5. The molecule has 11 rings (SSSR count). The molecular formula is C57H59BN2S. The topological polar surface area (TPSA) is 6.48 Å². The first-order chi connectivity index (χ1) is 28.8. The zero-order valence-electron chi connectivity index (χ0n) is 38.3. The zero-order chi connectivity index (χ0) is 42.7. The lowest BCUT2D eigenvalue weighted by molar-refractivity contribution is 0.590. The van der Waals surface area contributed by atoms with E-state index in [1.807, 2.05) is 11.3 Å². The van der Waals surface area contributed by atoms with Crippen LogP contribution >= 0.6 is 11.3 Å². The summed E-state index contributed by atoms with van der Waals surface area (Å²) >= 11 is 2.01. The van der Waals surface area contributed by atoms with Gasteiger partial charge in [-0.25, -0.2) is 0 Å². The molecule has 0 atom stereocenters. The molecule has 2 nitrogen and oxygen atoms in total. The van der Waals surface area contributed by atoms with E-state index < -0.39 is 0 Å². The minimum absolute atomic E-state index is 0.0277. The maximum Gasteiger partial charge on any atom is 0.264 e. The van der Waals surface area contributed by atoms with Crippen LogP contribution in [-0.2, 0) is 34.5 Å². The van der Waals surface area contributed by atoms with Gasteiger partial charge in [0.15, 0.2) is 0 Å². The number of hydrogen-bond acceptors (Lipinski definition) is 3. The van der Waals surface area contributed by atoms with Crippen LogP contribution in [0.5, 0.6) is 0 Å². The highest BCUT2D eigenvalue weighted by molar-refractivity contribution is 7.33. The molecule has 2 aliphatic carbocycles. The van der Waals surface area contributed by atoms with Gasteiger partial charge in [-0.15, -0.1) is 11.3 Å². The Morgan fingerprint density at radius 3 is 1.77 bits per heavy atom. The van der Waals surface area contributed by atoms with E-state index in [9.17, 15) is 0 Å². The summed E-state index contributed by atoms with van der Waals surface area (Å²) in [5, 5.41) is 1.35. The lowest BCUT2D eigenvalue weighted by Gasteiger charge is -2.44. The van der Waals surface area contributed by atoms with E-state index in [1.54, 1.807) is 16.7 Å². The van der Waals surface area contributed by atoms with Crippen molar-refractivity contribution in [2.75, 3.05) is 9.80 Å². The van der Waals surface area contributed by atoms with Crippen molar-refractivity contribution in [2.45, 2.75) is 124 Å². The van der Waals surface area contributed by atoms with Crippen LogP contribution in [0.1, 0.15) is 127 Å². The SMILES string of the molecule is Cc1cc2c3c(c1)N(c1ccc(C(C)(C)C)cc1)c1c(sc4ccc(C(C)(C)C)cc14)B3c1ccc3c(c1N2c1ccc(C(C)(C)C)cc1)-c1ccc2c(c1C3(C)C)CCC2. The second-order valence-corrected chi connectivity index (χ2v) is 23.3. The van der Waals surface area contributed by atoms with Gasteiger partial charge in [-0.2, -0.15) is 0 Å². The van der Waals surface area contributed by atoms with Crippen LogP contribution in [-0.4, -0.2) is 6.71 Å². The monoisotopic (exact) mass is 814 g/mol. The fraction of sp³-hybridized carbons (Fsp3) is 0.333. The van der Waals surface area contributed by atoms with Gasteiger partial charge in [0.1, 0.15) is 0 Å². The molecule has 306 valence electrons. The lowest BCUT2D eigenvalue weighted by atomic mass is 9.36. The second kappa shape index (κ2) is 12.8. The summed E-state index contributed by atoms with van der Waals surface area (Å²) in [4.78, 5) is 5.31. The number of thiophene rings is 1. The summed E-state index contributed by atoms with van der Waals surface area (Å²) in [6.07, 6.45) is 3.62. The zero-order valence-corrected chi connectivity index (χ0v) is 39.1. The molecule has 0 fully saturated rings. The Hall–Kier alpha value is -5.06. The molecule has 0 unspecified atom stereocenters. The molecule has 0 amide bonds. The molecule has 4 heteroatoms. The second-order valence-electron chi connectivity index (χ2n) is 22.2. The van der Waals surface area contributed by atoms with E-state index in [-0.39, 0.29) is 28.4 Å².